The Labute approximate surface area is 180 Å². The van der Waals surface area contributed by atoms with E-state index >= 15 is 0 Å². The average Bonchev–Trinajstić information content (AvgIpc) is 2.74. The van der Waals surface area contributed by atoms with Crippen LogP contribution in [0.4, 0.5) is 0 Å². The molecule has 0 aliphatic carbocycles. The van der Waals surface area contributed by atoms with E-state index in [9.17, 15) is 9.90 Å². The van der Waals surface area contributed by atoms with Crippen LogP contribution in [0.5, 0.6) is 11.5 Å². The van der Waals surface area contributed by atoms with E-state index in [1.165, 1.54) is 0 Å². The lowest BCUT2D eigenvalue weighted by Gasteiger charge is -2.18. The molecule has 0 aromatic heterocycles. The van der Waals surface area contributed by atoms with Crippen LogP contribution < -0.4 is 10.1 Å². The third-order valence-electron chi connectivity index (χ3n) is 4.47. The molecule has 0 heterocycles. The molecule has 0 unspecified atom stereocenters. The molecule has 3 rings (SSSR count). The number of nitrogens with one attached hydrogen (secondary N) is 1. The molecule has 4 nitrogen and oxygen atoms in total. The van der Waals surface area contributed by atoms with Crippen LogP contribution in [0.2, 0.25) is 10.0 Å². The highest BCUT2D eigenvalue weighted by Gasteiger charge is 2.21. The molecule has 2 N–H and O–H groups in total. The first-order valence-electron chi connectivity index (χ1n) is 9.22. The van der Waals surface area contributed by atoms with Gasteiger partial charge in [-0.3, -0.25) is 4.79 Å². The molecule has 150 valence electrons. The SMILES string of the molecule is O=C(NCCOc1cccc(Cl)c1Cl)[C@@H](Cc1ccc(O)cc1)c1ccccc1. The Kier molecular flexibility index (Phi) is 7.39. The van der Waals surface area contributed by atoms with Gasteiger partial charge in [-0.1, -0.05) is 71.7 Å². The summed E-state index contributed by atoms with van der Waals surface area (Å²) in [5.41, 5.74) is 1.89. The Hall–Kier alpha value is -2.69. The molecule has 0 fully saturated rings. The van der Waals surface area contributed by atoms with Gasteiger partial charge in [-0.2, -0.15) is 0 Å². The van der Waals surface area contributed by atoms with Gasteiger partial charge in [-0.05, 0) is 41.8 Å². The Morgan fingerprint density at radius 2 is 1.69 bits per heavy atom. The predicted octanol–water partition coefficient (Wildman–Crippen LogP) is 5.22. The van der Waals surface area contributed by atoms with Gasteiger partial charge in [-0.25, -0.2) is 0 Å². The van der Waals surface area contributed by atoms with E-state index in [1.807, 2.05) is 42.5 Å². The van der Waals surface area contributed by atoms with Crippen molar-refractivity contribution in [3.05, 3.63) is 94.0 Å². The van der Waals surface area contributed by atoms with Gasteiger partial charge in [0.2, 0.25) is 5.91 Å². The number of benzene rings is 3. The second kappa shape index (κ2) is 10.2. The summed E-state index contributed by atoms with van der Waals surface area (Å²) in [5.74, 6) is 0.240. The molecule has 1 atom stereocenters. The fraction of sp³-hybridized carbons (Fsp3) is 0.174. The number of ether oxygens (including phenoxy) is 1. The van der Waals surface area contributed by atoms with Crippen molar-refractivity contribution in [3.8, 4) is 11.5 Å². The maximum Gasteiger partial charge on any atom is 0.227 e. The predicted molar refractivity (Wildman–Crippen MR) is 116 cm³/mol. The normalized spacial score (nSPS) is 11.7. The zero-order valence-corrected chi connectivity index (χ0v) is 17.2. The standard InChI is InChI=1S/C23H21Cl2NO3/c24-20-7-4-8-21(22(20)25)29-14-13-26-23(28)19(17-5-2-1-3-6-17)15-16-9-11-18(27)12-10-16/h1-12,19,27H,13-15H2,(H,26,28)/t19-/m0/s1. The van der Waals surface area contributed by atoms with Crippen LogP contribution >= 0.6 is 23.2 Å². The molecule has 0 radical (unpaired) electrons. The van der Waals surface area contributed by atoms with E-state index in [-0.39, 0.29) is 24.2 Å². The van der Waals surface area contributed by atoms with Crippen molar-refractivity contribution in [2.75, 3.05) is 13.2 Å². The van der Waals surface area contributed by atoms with E-state index in [1.54, 1.807) is 30.3 Å². The summed E-state index contributed by atoms with van der Waals surface area (Å²) in [4.78, 5) is 12.9. The van der Waals surface area contributed by atoms with Crippen molar-refractivity contribution in [2.45, 2.75) is 12.3 Å². The minimum absolute atomic E-state index is 0.0925. The number of phenols is 1. The second-order valence-corrected chi connectivity index (χ2v) is 7.31. The van der Waals surface area contributed by atoms with Gasteiger partial charge in [0.1, 0.15) is 23.1 Å². The van der Waals surface area contributed by atoms with Gasteiger partial charge in [0.15, 0.2) is 0 Å². The molecule has 0 saturated heterocycles. The first-order chi connectivity index (χ1) is 14.0. The average molecular weight is 430 g/mol. The summed E-state index contributed by atoms with van der Waals surface area (Å²) in [7, 11) is 0. The quantitative estimate of drug-likeness (QED) is 0.482. The third-order valence-corrected chi connectivity index (χ3v) is 5.27. The van der Waals surface area contributed by atoms with Gasteiger partial charge in [0.25, 0.3) is 0 Å². The number of hydrogen-bond donors (Lipinski definition) is 2. The van der Waals surface area contributed by atoms with E-state index in [2.05, 4.69) is 5.32 Å². The fourth-order valence-electron chi connectivity index (χ4n) is 2.97. The summed E-state index contributed by atoms with van der Waals surface area (Å²) in [6, 6.07) is 21.7. The molecule has 6 heteroatoms. The lowest BCUT2D eigenvalue weighted by atomic mass is 9.91. The molecular weight excluding hydrogens is 409 g/mol. The van der Waals surface area contributed by atoms with Crippen LogP contribution in [0.3, 0.4) is 0 Å². The van der Waals surface area contributed by atoms with Gasteiger partial charge in [0.05, 0.1) is 17.5 Å². The smallest absolute Gasteiger partial charge is 0.227 e. The first-order valence-corrected chi connectivity index (χ1v) is 9.97. The number of halogens is 2. The van der Waals surface area contributed by atoms with Crippen LogP contribution in [-0.2, 0) is 11.2 Å². The summed E-state index contributed by atoms with van der Waals surface area (Å²) < 4.78 is 5.63. The lowest BCUT2D eigenvalue weighted by Crippen LogP contribution is -2.33. The number of carbonyl (C=O) groups is 1. The Morgan fingerprint density at radius 3 is 2.41 bits per heavy atom. The minimum atomic E-state index is -0.351. The van der Waals surface area contributed by atoms with Crippen LogP contribution in [0.1, 0.15) is 17.0 Å². The summed E-state index contributed by atoms with van der Waals surface area (Å²) in [6.07, 6.45) is 0.525. The third kappa shape index (κ3) is 5.89. The van der Waals surface area contributed by atoms with Gasteiger partial charge in [-0.15, -0.1) is 0 Å². The molecule has 3 aromatic carbocycles. The molecule has 0 aliphatic heterocycles. The Bertz CT molecular complexity index is 946. The van der Waals surface area contributed by atoms with Crippen LogP contribution in [0.15, 0.2) is 72.8 Å². The van der Waals surface area contributed by atoms with Gasteiger partial charge >= 0.3 is 0 Å². The van der Waals surface area contributed by atoms with Crippen molar-refractivity contribution in [3.63, 3.8) is 0 Å². The highest BCUT2D eigenvalue weighted by Crippen LogP contribution is 2.31. The topological polar surface area (TPSA) is 58.6 Å². The molecule has 1 amide bonds. The highest BCUT2D eigenvalue weighted by atomic mass is 35.5. The largest absolute Gasteiger partial charge is 0.508 e. The number of phenolic OH excluding ortho intramolecular Hbond substituents is 1. The monoisotopic (exact) mass is 429 g/mol. The maximum absolute atomic E-state index is 12.9. The summed E-state index contributed by atoms with van der Waals surface area (Å²) >= 11 is 12.1. The number of hydrogen-bond acceptors (Lipinski definition) is 3. The number of carbonyl (C=O) groups excluding carboxylic acids is 1. The fourth-order valence-corrected chi connectivity index (χ4v) is 3.32. The molecule has 0 spiro atoms. The van der Waals surface area contributed by atoms with Crippen LogP contribution in [0, 0.1) is 0 Å². The number of amides is 1. The van der Waals surface area contributed by atoms with Crippen molar-refractivity contribution in [1.82, 2.24) is 5.32 Å². The molecule has 0 aliphatic rings. The molecule has 29 heavy (non-hydrogen) atoms. The zero-order chi connectivity index (χ0) is 20.6. The second-order valence-electron chi connectivity index (χ2n) is 6.53. The molecule has 0 bridgehead atoms. The minimum Gasteiger partial charge on any atom is -0.508 e. The van der Waals surface area contributed by atoms with E-state index in [4.69, 9.17) is 27.9 Å². The van der Waals surface area contributed by atoms with Crippen molar-refractivity contribution < 1.29 is 14.6 Å². The van der Waals surface area contributed by atoms with Crippen molar-refractivity contribution in [2.24, 2.45) is 0 Å². The molecule has 3 aromatic rings. The highest BCUT2D eigenvalue weighted by molar-refractivity contribution is 6.42. The summed E-state index contributed by atoms with van der Waals surface area (Å²) in [6.45, 7) is 0.604. The van der Waals surface area contributed by atoms with E-state index < -0.39 is 0 Å². The molecule has 0 saturated carbocycles. The van der Waals surface area contributed by atoms with Crippen molar-refractivity contribution in [1.29, 1.82) is 0 Å². The Balaban J connectivity index is 1.62. The number of rotatable bonds is 8. The van der Waals surface area contributed by atoms with Crippen LogP contribution in [-0.4, -0.2) is 24.2 Å². The van der Waals surface area contributed by atoms with E-state index in [0.717, 1.165) is 11.1 Å². The lowest BCUT2D eigenvalue weighted by molar-refractivity contribution is -0.122. The first kappa shape index (κ1) is 21.0. The van der Waals surface area contributed by atoms with E-state index in [0.29, 0.717) is 28.8 Å². The maximum atomic E-state index is 12.9. The number of aromatic hydroxyl groups is 1. The van der Waals surface area contributed by atoms with Crippen LogP contribution in [0.25, 0.3) is 0 Å². The summed E-state index contributed by atoms with van der Waals surface area (Å²) in [5, 5.41) is 13.2. The Morgan fingerprint density at radius 1 is 0.966 bits per heavy atom. The molecular formula is C23H21Cl2NO3. The zero-order valence-electron chi connectivity index (χ0n) is 15.6. The van der Waals surface area contributed by atoms with Crippen molar-refractivity contribution >= 4 is 29.1 Å². The van der Waals surface area contributed by atoms with Gasteiger partial charge < -0.3 is 15.2 Å². The van der Waals surface area contributed by atoms with Gasteiger partial charge in [0, 0.05) is 0 Å².